The van der Waals surface area contributed by atoms with Crippen LogP contribution in [0.5, 0.6) is 0 Å². The van der Waals surface area contributed by atoms with Gasteiger partial charge in [-0.15, -0.1) is 0 Å². The van der Waals surface area contributed by atoms with Crippen molar-refractivity contribution >= 4 is 34.0 Å². The molecule has 14 heteroatoms. The van der Waals surface area contributed by atoms with Crippen LogP contribution in [0.1, 0.15) is 37.6 Å². The fourth-order valence-corrected chi connectivity index (χ4v) is 3.92. The van der Waals surface area contributed by atoms with E-state index >= 15 is 0 Å². The number of hydrogen-bond acceptors (Lipinski definition) is 7. The number of carbonyl (C=O) groups excluding carboxylic acids is 1. The highest BCUT2D eigenvalue weighted by Gasteiger charge is 2.32. The number of rotatable bonds is 5. The van der Waals surface area contributed by atoms with E-state index in [1.165, 1.54) is 11.7 Å². The molecule has 0 fully saturated rings. The van der Waals surface area contributed by atoms with Crippen molar-refractivity contribution in [1.82, 2.24) is 19.5 Å². The SMILES string of the molecule is Cc1nn(C)c(Sc2ncc(C(F)(F)F)cc2F)c1/C=C/S(=O)(=O)NC(=O)OC(C)(C)C. The molecule has 0 aliphatic carbocycles. The van der Waals surface area contributed by atoms with E-state index in [0.717, 1.165) is 6.08 Å². The van der Waals surface area contributed by atoms with E-state index in [-0.39, 0.29) is 15.6 Å². The summed E-state index contributed by atoms with van der Waals surface area (Å²) in [6, 6.07) is 0.323. The van der Waals surface area contributed by atoms with E-state index in [9.17, 15) is 30.8 Å². The van der Waals surface area contributed by atoms with Crippen LogP contribution in [0, 0.1) is 12.7 Å². The molecule has 0 atom stereocenters. The summed E-state index contributed by atoms with van der Waals surface area (Å²) in [4.78, 5) is 15.2. The molecule has 0 aromatic carbocycles. The van der Waals surface area contributed by atoms with Crippen molar-refractivity contribution in [1.29, 1.82) is 0 Å². The number of halogens is 4. The standard InChI is InChI=1S/C18H20F4N4O4S2/c1-10-12(6-7-32(28,29)25-16(27)30-17(2,3)4)15(26(5)24-10)31-14-13(19)8-11(9-23-14)18(20,21)22/h6-9H,1-5H3,(H,25,27)/b7-6+. The molecular formula is C18H20F4N4O4S2. The van der Waals surface area contributed by atoms with Crippen LogP contribution in [-0.4, -0.2) is 34.9 Å². The normalized spacial score (nSPS) is 12.9. The maximum Gasteiger partial charge on any atom is 0.421 e. The molecule has 0 unspecified atom stereocenters. The van der Waals surface area contributed by atoms with Crippen LogP contribution in [0.2, 0.25) is 0 Å². The Bertz CT molecular complexity index is 1150. The number of alkyl halides is 3. The van der Waals surface area contributed by atoms with Gasteiger partial charge < -0.3 is 4.74 Å². The van der Waals surface area contributed by atoms with Crippen molar-refractivity contribution in [2.75, 3.05) is 0 Å². The maximum atomic E-state index is 14.2. The molecule has 2 aromatic heterocycles. The first-order valence-corrected chi connectivity index (χ1v) is 11.2. The number of aromatic nitrogens is 3. The highest BCUT2D eigenvalue weighted by molar-refractivity contribution is 7.99. The minimum atomic E-state index is -4.75. The third kappa shape index (κ3) is 6.95. The summed E-state index contributed by atoms with van der Waals surface area (Å²) in [5.41, 5.74) is -1.55. The number of sulfonamides is 1. The zero-order valence-corrected chi connectivity index (χ0v) is 19.2. The van der Waals surface area contributed by atoms with Gasteiger partial charge in [0.1, 0.15) is 15.7 Å². The molecule has 2 rings (SSSR count). The highest BCUT2D eigenvalue weighted by Crippen LogP contribution is 2.35. The maximum absolute atomic E-state index is 14.2. The number of amides is 1. The van der Waals surface area contributed by atoms with Gasteiger partial charge in [0.15, 0.2) is 5.82 Å². The summed E-state index contributed by atoms with van der Waals surface area (Å²) in [6.07, 6.45) is -4.29. The third-order valence-corrected chi connectivity index (χ3v) is 5.70. The van der Waals surface area contributed by atoms with Gasteiger partial charge in [0.25, 0.3) is 10.0 Å². The molecule has 1 N–H and O–H groups in total. The highest BCUT2D eigenvalue weighted by atomic mass is 32.2. The average Bonchev–Trinajstić information content (AvgIpc) is 2.84. The molecule has 8 nitrogen and oxygen atoms in total. The van der Waals surface area contributed by atoms with E-state index in [4.69, 9.17) is 4.74 Å². The minimum Gasteiger partial charge on any atom is -0.443 e. The number of nitrogens with zero attached hydrogens (tertiary/aromatic N) is 3. The predicted octanol–water partition coefficient (Wildman–Crippen LogP) is 4.26. The number of ether oxygens (including phenoxy) is 1. The molecule has 2 heterocycles. The molecule has 0 aliphatic rings. The largest absolute Gasteiger partial charge is 0.443 e. The van der Waals surface area contributed by atoms with Gasteiger partial charge in [0.2, 0.25) is 0 Å². The molecule has 0 bridgehead atoms. The van der Waals surface area contributed by atoms with E-state index in [0.29, 0.717) is 35.1 Å². The lowest BCUT2D eigenvalue weighted by atomic mass is 10.2. The third-order valence-electron chi connectivity index (χ3n) is 3.58. The second-order valence-electron chi connectivity index (χ2n) is 7.49. The molecule has 176 valence electrons. The van der Waals surface area contributed by atoms with Gasteiger partial charge in [0.05, 0.1) is 16.7 Å². The number of pyridine rings is 1. The lowest BCUT2D eigenvalue weighted by molar-refractivity contribution is -0.138. The summed E-state index contributed by atoms with van der Waals surface area (Å²) < 4.78 is 84.6. The number of hydrogen-bond donors (Lipinski definition) is 1. The Labute approximate surface area is 186 Å². The summed E-state index contributed by atoms with van der Waals surface area (Å²) in [6.45, 7) is 6.23. The first-order valence-electron chi connectivity index (χ1n) is 8.86. The molecule has 32 heavy (non-hydrogen) atoms. The number of carbonyl (C=O) groups is 1. The van der Waals surface area contributed by atoms with Gasteiger partial charge >= 0.3 is 12.3 Å². The number of nitrogens with one attached hydrogen (secondary N) is 1. The Morgan fingerprint density at radius 1 is 1.28 bits per heavy atom. The van der Waals surface area contributed by atoms with Gasteiger partial charge in [-0.2, -0.15) is 18.3 Å². The molecule has 0 spiro atoms. The fourth-order valence-electron chi connectivity index (χ4n) is 2.32. The van der Waals surface area contributed by atoms with Crippen molar-refractivity contribution in [3.05, 3.63) is 40.3 Å². The Hall–Kier alpha value is -2.61. The van der Waals surface area contributed by atoms with Crippen molar-refractivity contribution in [3.63, 3.8) is 0 Å². The van der Waals surface area contributed by atoms with Crippen LogP contribution in [0.25, 0.3) is 6.08 Å². The lowest BCUT2D eigenvalue weighted by Gasteiger charge is -2.19. The Balaban J connectivity index is 2.30. The molecule has 1 amide bonds. The van der Waals surface area contributed by atoms with E-state index in [1.807, 2.05) is 0 Å². The van der Waals surface area contributed by atoms with Crippen molar-refractivity contribution < 1.29 is 35.5 Å². The quantitative estimate of drug-likeness (QED) is 0.617. The molecular weight excluding hydrogens is 476 g/mol. The van der Waals surface area contributed by atoms with E-state index in [1.54, 1.807) is 32.4 Å². The van der Waals surface area contributed by atoms with Gasteiger partial charge in [-0.3, -0.25) is 4.68 Å². The van der Waals surface area contributed by atoms with E-state index in [2.05, 4.69) is 10.1 Å². The van der Waals surface area contributed by atoms with Crippen molar-refractivity contribution in [2.24, 2.45) is 7.05 Å². The van der Waals surface area contributed by atoms with Crippen LogP contribution < -0.4 is 4.72 Å². The number of aryl methyl sites for hydroxylation is 2. The topological polar surface area (TPSA) is 103 Å². The van der Waals surface area contributed by atoms with Crippen molar-refractivity contribution in [3.8, 4) is 0 Å². The second kappa shape index (κ2) is 9.10. The van der Waals surface area contributed by atoms with Crippen LogP contribution in [-0.2, 0) is 28.0 Å². The van der Waals surface area contributed by atoms with Crippen LogP contribution in [0.4, 0.5) is 22.4 Å². The Morgan fingerprint density at radius 2 is 1.91 bits per heavy atom. The van der Waals surface area contributed by atoms with Crippen molar-refractivity contribution in [2.45, 2.75) is 49.5 Å². The lowest BCUT2D eigenvalue weighted by Crippen LogP contribution is -2.35. The van der Waals surface area contributed by atoms with Crippen LogP contribution in [0.3, 0.4) is 0 Å². The molecule has 0 saturated carbocycles. The monoisotopic (exact) mass is 496 g/mol. The first-order chi connectivity index (χ1) is 14.5. The van der Waals surface area contributed by atoms with Gasteiger partial charge in [-0.05, 0) is 51.6 Å². The summed E-state index contributed by atoms with van der Waals surface area (Å²) in [5.74, 6) is -1.20. The second-order valence-corrected chi connectivity index (χ2v) is 10.0. The van der Waals surface area contributed by atoms with Gasteiger partial charge in [-0.25, -0.2) is 27.3 Å². The van der Waals surface area contributed by atoms with E-state index < -0.39 is 39.3 Å². The Kier molecular flexibility index (Phi) is 7.29. The summed E-state index contributed by atoms with van der Waals surface area (Å²) in [5, 5.41) is 4.67. The smallest absolute Gasteiger partial charge is 0.421 e. The first kappa shape index (κ1) is 25.6. The minimum absolute atomic E-state index is 0.220. The zero-order valence-electron chi connectivity index (χ0n) is 17.6. The van der Waals surface area contributed by atoms with Crippen LogP contribution in [0.15, 0.2) is 27.7 Å². The van der Waals surface area contributed by atoms with Gasteiger partial charge in [0, 0.05) is 18.8 Å². The van der Waals surface area contributed by atoms with Gasteiger partial charge in [-0.1, -0.05) is 0 Å². The summed E-state index contributed by atoms with van der Waals surface area (Å²) in [7, 11) is -2.76. The zero-order chi connectivity index (χ0) is 24.5. The molecule has 0 radical (unpaired) electrons. The molecule has 0 aliphatic heterocycles. The molecule has 2 aromatic rings. The average molecular weight is 497 g/mol. The summed E-state index contributed by atoms with van der Waals surface area (Å²) >= 11 is 0.669. The molecule has 0 saturated heterocycles. The Morgan fingerprint density at radius 3 is 2.44 bits per heavy atom. The fraction of sp³-hybridized carbons (Fsp3) is 0.389. The van der Waals surface area contributed by atoms with Crippen LogP contribution >= 0.6 is 11.8 Å². The predicted molar refractivity (Wildman–Crippen MR) is 109 cm³/mol.